The number of carbonyl (C=O) groups is 2. The molecule has 36 heavy (non-hydrogen) atoms. The number of ether oxygens (including phenoxy) is 2. The second kappa shape index (κ2) is 13.3. The molecule has 0 aliphatic carbocycles. The Kier molecular flexibility index (Phi) is 9.86. The zero-order valence-electron chi connectivity index (χ0n) is 20.9. The fourth-order valence-electron chi connectivity index (χ4n) is 3.71. The second-order valence-corrected chi connectivity index (χ2v) is 8.60. The average Bonchev–Trinajstić information content (AvgIpc) is 2.91. The molecule has 1 N–H and O–H groups in total. The van der Waals surface area contributed by atoms with Crippen molar-refractivity contribution < 1.29 is 23.5 Å². The van der Waals surface area contributed by atoms with E-state index in [4.69, 9.17) is 9.47 Å². The van der Waals surface area contributed by atoms with Crippen LogP contribution in [0.1, 0.15) is 31.4 Å². The number of carbonyl (C=O) groups excluding carboxylic acids is 2. The number of nitrogens with one attached hydrogen (secondary N) is 1. The molecule has 0 saturated heterocycles. The summed E-state index contributed by atoms with van der Waals surface area (Å²) in [4.78, 5) is 28.4. The van der Waals surface area contributed by atoms with Crippen LogP contribution in [0.2, 0.25) is 0 Å². The third-order valence-corrected chi connectivity index (χ3v) is 5.99. The van der Waals surface area contributed by atoms with Crippen molar-refractivity contribution in [2.75, 3.05) is 13.7 Å². The number of rotatable bonds is 12. The van der Waals surface area contributed by atoms with E-state index < -0.39 is 17.8 Å². The largest absolute Gasteiger partial charge is 0.497 e. The highest BCUT2D eigenvalue weighted by molar-refractivity contribution is 5.88. The highest BCUT2D eigenvalue weighted by atomic mass is 19.1. The Morgan fingerprint density at radius 1 is 0.944 bits per heavy atom. The van der Waals surface area contributed by atoms with Gasteiger partial charge in [-0.25, -0.2) is 4.39 Å². The van der Waals surface area contributed by atoms with Crippen molar-refractivity contribution in [3.05, 3.63) is 95.8 Å². The number of halogens is 1. The Bertz CT molecular complexity index is 1120. The molecule has 3 aromatic carbocycles. The lowest BCUT2D eigenvalue weighted by Crippen LogP contribution is -2.53. The first-order valence-corrected chi connectivity index (χ1v) is 12.0. The minimum Gasteiger partial charge on any atom is -0.497 e. The van der Waals surface area contributed by atoms with Crippen LogP contribution in [0.15, 0.2) is 78.9 Å². The summed E-state index contributed by atoms with van der Waals surface area (Å²) in [5.74, 6) is 0.00182. The minimum atomic E-state index is -0.854. The maximum Gasteiger partial charge on any atom is 0.261 e. The van der Waals surface area contributed by atoms with E-state index in [-0.39, 0.29) is 31.5 Å². The van der Waals surface area contributed by atoms with E-state index in [1.54, 1.807) is 49.6 Å². The maximum atomic E-state index is 14.6. The predicted molar refractivity (Wildman–Crippen MR) is 137 cm³/mol. The fourth-order valence-corrected chi connectivity index (χ4v) is 3.71. The van der Waals surface area contributed by atoms with Crippen LogP contribution in [0, 0.1) is 5.82 Å². The molecule has 0 aliphatic rings. The first kappa shape index (κ1) is 26.7. The molecule has 0 fully saturated rings. The first-order chi connectivity index (χ1) is 17.4. The van der Waals surface area contributed by atoms with E-state index in [2.05, 4.69) is 5.32 Å². The van der Waals surface area contributed by atoms with Gasteiger partial charge in [-0.1, -0.05) is 55.5 Å². The normalized spacial score (nSPS) is 12.3. The van der Waals surface area contributed by atoms with Crippen LogP contribution >= 0.6 is 0 Å². The van der Waals surface area contributed by atoms with E-state index >= 15 is 0 Å². The summed E-state index contributed by atoms with van der Waals surface area (Å²) in [7, 11) is 1.57. The standard InChI is InChI=1S/C29H33FN2O4/c1-4-21(2)31-29(34)27(18-22-10-6-5-7-11-22)32(19-23-12-8-9-13-26(23)30)28(33)20-36-25-16-14-24(35-3)15-17-25/h5-17,21,27H,4,18-20H2,1-3H3,(H,31,34)/t21-,27-/m1/s1. The van der Waals surface area contributed by atoms with E-state index in [1.165, 1.54) is 11.0 Å². The Hall–Kier alpha value is -3.87. The molecule has 0 saturated carbocycles. The summed E-state index contributed by atoms with van der Waals surface area (Å²) in [6, 6.07) is 21.7. The zero-order chi connectivity index (χ0) is 25.9. The molecule has 2 amide bonds. The second-order valence-electron chi connectivity index (χ2n) is 8.60. The summed E-state index contributed by atoms with van der Waals surface area (Å²) in [5.41, 5.74) is 1.22. The van der Waals surface area contributed by atoms with E-state index in [9.17, 15) is 14.0 Å². The van der Waals surface area contributed by atoms with Crippen LogP contribution < -0.4 is 14.8 Å². The van der Waals surface area contributed by atoms with Gasteiger partial charge >= 0.3 is 0 Å². The van der Waals surface area contributed by atoms with Gasteiger partial charge in [-0.15, -0.1) is 0 Å². The number of nitrogens with zero attached hydrogens (tertiary/aromatic N) is 1. The summed E-state index contributed by atoms with van der Waals surface area (Å²) in [6.45, 7) is 3.51. The summed E-state index contributed by atoms with van der Waals surface area (Å²) >= 11 is 0. The topological polar surface area (TPSA) is 67.9 Å². The molecular weight excluding hydrogens is 459 g/mol. The lowest BCUT2D eigenvalue weighted by atomic mass is 10.0. The van der Waals surface area contributed by atoms with Gasteiger partial charge in [-0.3, -0.25) is 9.59 Å². The van der Waals surface area contributed by atoms with Crippen LogP contribution in [0.4, 0.5) is 4.39 Å². The van der Waals surface area contributed by atoms with Crippen LogP contribution in [0.5, 0.6) is 11.5 Å². The van der Waals surface area contributed by atoms with Crippen LogP contribution in [-0.4, -0.2) is 42.5 Å². The van der Waals surface area contributed by atoms with Crippen molar-refractivity contribution >= 4 is 11.8 Å². The highest BCUT2D eigenvalue weighted by Crippen LogP contribution is 2.20. The zero-order valence-corrected chi connectivity index (χ0v) is 20.9. The van der Waals surface area contributed by atoms with E-state index in [0.717, 1.165) is 12.0 Å². The number of hydrogen-bond donors (Lipinski definition) is 1. The van der Waals surface area contributed by atoms with Crippen LogP contribution in [0.25, 0.3) is 0 Å². The summed E-state index contributed by atoms with van der Waals surface area (Å²) in [6.07, 6.45) is 1.03. The molecule has 0 radical (unpaired) electrons. The highest BCUT2D eigenvalue weighted by Gasteiger charge is 2.31. The summed E-state index contributed by atoms with van der Waals surface area (Å²) < 4.78 is 25.5. The number of benzene rings is 3. The van der Waals surface area contributed by atoms with Gasteiger partial charge in [0.05, 0.1) is 7.11 Å². The van der Waals surface area contributed by atoms with Gasteiger partial charge in [-0.05, 0) is 49.2 Å². The molecule has 190 valence electrons. The molecule has 3 aromatic rings. The fraction of sp³-hybridized carbons (Fsp3) is 0.310. The van der Waals surface area contributed by atoms with Gasteiger partial charge in [0.25, 0.3) is 5.91 Å². The summed E-state index contributed by atoms with van der Waals surface area (Å²) in [5, 5.41) is 2.99. The molecule has 3 rings (SSSR count). The van der Waals surface area contributed by atoms with Crippen molar-refractivity contribution in [3.63, 3.8) is 0 Å². The van der Waals surface area contributed by atoms with Gasteiger partial charge in [-0.2, -0.15) is 0 Å². The van der Waals surface area contributed by atoms with Gasteiger partial charge in [0, 0.05) is 24.6 Å². The molecular formula is C29H33FN2O4. The Balaban J connectivity index is 1.90. The minimum absolute atomic E-state index is 0.0666. The molecule has 7 heteroatoms. The average molecular weight is 493 g/mol. The van der Waals surface area contributed by atoms with Crippen molar-refractivity contribution in [1.29, 1.82) is 0 Å². The van der Waals surface area contributed by atoms with E-state index in [0.29, 0.717) is 17.1 Å². The molecule has 0 aromatic heterocycles. The monoisotopic (exact) mass is 492 g/mol. The molecule has 0 aliphatic heterocycles. The Morgan fingerprint density at radius 2 is 1.58 bits per heavy atom. The SMILES string of the molecule is CC[C@@H](C)NC(=O)[C@@H](Cc1ccccc1)N(Cc1ccccc1F)C(=O)COc1ccc(OC)cc1. The number of methoxy groups -OCH3 is 1. The Morgan fingerprint density at radius 3 is 2.22 bits per heavy atom. The van der Waals surface area contributed by atoms with Gasteiger partial charge in [0.1, 0.15) is 23.4 Å². The predicted octanol–water partition coefficient (Wildman–Crippen LogP) is 4.77. The van der Waals surface area contributed by atoms with Crippen LogP contribution in [0.3, 0.4) is 0 Å². The smallest absolute Gasteiger partial charge is 0.261 e. The number of amides is 2. The number of hydrogen-bond acceptors (Lipinski definition) is 4. The van der Waals surface area contributed by atoms with Crippen LogP contribution in [-0.2, 0) is 22.6 Å². The molecule has 0 heterocycles. The van der Waals surface area contributed by atoms with Gasteiger partial charge in [0.15, 0.2) is 6.61 Å². The lowest BCUT2D eigenvalue weighted by Gasteiger charge is -2.32. The quantitative estimate of drug-likeness (QED) is 0.396. The van der Waals surface area contributed by atoms with Crippen molar-refractivity contribution in [3.8, 4) is 11.5 Å². The Labute approximate surface area is 212 Å². The third kappa shape index (κ3) is 7.57. The van der Waals surface area contributed by atoms with Gasteiger partial charge in [0.2, 0.25) is 5.91 Å². The van der Waals surface area contributed by atoms with Crippen molar-refractivity contribution in [2.45, 2.75) is 45.3 Å². The molecule has 6 nitrogen and oxygen atoms in total. The molecule has 0 bridgehead atoms. The van der Waals surface area contributed by atoms with E-state index in [1.807, 2.05) is 44.2 Å². The maximum absolute atomic E-state index is 14.6. The molecule has 2 atom stereocenters. The third-order valence-electron chi connectivity index (χ3n) is 5.99. The first-order valence-electron chi connectivity index (χ1n) is 12.0. The van der Waals surface area contributed by atoms with Gasteiger partial charge < -0.3 is 19.7 Å². The molecule has 0 unspecified atom stereocenters. The van der Waals surface area contributed by atoms with Crippen molar-refractivity contribution in [1.82, 2.24) is 10.2 Å². The molecule has 0 spiro atoms. The lowest BCUT2D eigenvalue weighted by molar-refractivity contribution is -0.143. The van der Waals surface area contributed by atoms with Crippen molar-refractivity contribution in [2.24, 2.45) is 0 Å².